The Bertz CT molecular complexity index is 1070. The highest BCUT2D eigenvalue weighted by Gasteiger charge is 2.27. The van der Waals surface area contributed by atoms with Crippen molar-refractivity contribution in [3.63, 3.8) is 0 Å². The zero-order valence-corrected chi connectivity index (χ0v) is 15.9. The summed E-state index contributed by atoms with van der Waals surface area (Å²) in [6, 6.07) is 7.36. The molecule has 0 bridgehead atoms. The topological polar surface area (TPSA) is 107 Å². The number of nitrogens with zero attached hydrogens (tertiary/aromatic N) is 2. The van der Waals surface area contributed by atoms with Crippen molar-refractivity contribution in [1.29, 1.82) is 0 Å². The quantitative estimate of drug-likeness (QED) is 0.653. The fourth-order valence-electron chi connectivity index (χ4n) is 2.67. The smallest absolute Gasteiger partial charge is 0.295 e. The maximum atomic E-state index is 12.5. The number of benzene rings is 1. The Labute approximate surface area is 160 Å². The molecule has 27 heavy (non-hydrogen) atoms. The average molecular weight is 410 g/mol. The van der Waals surface area contributed by atoms with E-state index in [1.165, 1.54) is 31.4 Å². The van der Waals surface area contributed by atoms with Crippen LogP contribution in [-0.2, 0) is 10.0 Å². The zero-order valence-electron chi connectivity index (χ0n) is 14.3. The molecule has 4 rings (SSSR count). The highest BCUT2D eigenvalue weighted by molar-refractivity contribution is 7.92. The van der Waals surface area contributed by atoms with Gasteiger partial charge in [-0.1, -0.05) is 18.0 Å². The standard InChI is InChI=1S/C17H16ClN3O5S/c1-24-13-6-5-11(9-12(13)18)21-27(22,23)15-8-7-14(25-15)17-20-19-16(26-17)10-3-2-4-10/h5-10,21H,2-4H2,1H3. The second-order valence-corrected chi connectivity index (χ2v) is 8.17. The summed E-state index contributed by atoms with van der Waals surface area (Å²) in [6.07, 6.45) is 3.19. The van der Waals surface area contributed by atoms with E-state index in [0.29, 0.717) is 11.6 Å². The number of anilines is 1. The number of methoxy groups -OCH3 is 1. The molecule has 0 atom stereocenters. The van der Waals surface area contributed by atoms with Crippen molar-refractivity contribution >= 4 is 27.3 Å². The van der Waals surface area contributed by atoms with E-state index in [2.05, 4.69) is 14.9 Å². The molecule has 142 valence electrons. The van der Waals surface area contributed by atoms with Crippen LogP contribution in [-0.4, -0.2) is 25.7 Å². The Hall–Kier alpha value is -2.52. The van der Waals surface area contributed by atoms with Crippen LogP contribution in [0.5, 0.6) is 5.75 Å². The first-order valence-corrected chi connectivity index (χ1v) is 10.1. The van der Waals surface area contributed by atoms with Crippen LogP contribution >= 0.6 is 11.6 Å². The highest BCUT2D eigenvalue weighted by Crippen LogP contribution is 2.37. The van der Waals surface area contributed by atoms with Crippen LogP contribution in [0.1, 0.15) is 31.1 Å². The lowest BCUT2D eigenvalue weighted by Gasteiger charge is -2.20. The first-order valence-electron chi connectivity index (χ1n) is 8.26. The highest BCUT2D eigenvalue weighted by atomic mass is 35.5. The van der Waals surface area contributed by atoms with Crippen molar-refractivity contribution in [1.82, 2.24) is 10.2 Å². The summed E-state index contributed by atoms with van der Waals surface area (Å²) in [7, 11) is -2.47. The van der Waals surface area contributed by atoms with Gasteiger partial charge < -0.3 is 13.6 Å². The summed E-state index contributed by atoms with van der Waals surface area (Å²) < 4.78 is 43.5. The molecule has 0 spiro atoms. The van der Waals surface area contributed by atoms with Crippen molar-refractivity contribution in [3.8, 4) is 17.4 Å². The summed E-state index contributed by atoms with van der Waals surface area (Å²) in [5.41, 5.74) is 0.281. The lowest BCUT2D eigenvalue weighted by molar-refractivity contribution is 0.334. The van der Waals surface area contributed by atoms with E-state index in [1.54, 1.807) is 6.07 Å². The number of hydrogen-bond acceptors (Lipinski definition) is 7. The van der Waals surface area contributed by atoms with Crippen LogP contribution in [0.3, 0.4) is 0 Å². The minimum atomic E-state index is -3.95. The van der Waals surface area contributed by atoms with Gasteiger partial charge >= 0.3 is 0 Å². The molecule has 1 aliphatic rings. The maximum absolute atomic E-state index is 12.5. The Kier molecular flexibility index (Phi) is 4.56. The number of nitrogens with one attached hydrogen (secondary N) is 1. The van der Waals surface area contributed by atoms with Gasteiger partial charge in [0.05, 0.1) is 17.8 Å². The second kappa shape index (κ2) is 6.90. The van der Waals surface area contributed by atoms with Crippen LogP contribution in [0, 0.1) is 0 Å². The molecule has 1 fully saturated rings. The fraction of sp³-hybridized carbons (Fsp3) is 0.294. The molecule has 1 N–H and O–H groups in total. The zero-order chi connectivity index (χ0) is 19.0. The van der Waals surface area contributed by atoms with Crippen LogP contribution < -0.4 is 9.46 Å². The average Bonchev–Trinajstić information content (AvgIpc) is 3.22. The number of furan rings is 1. The summed E-state index contributed by atoms with van der Waals surface area (Å²) in [5, 5.41) is 7.97. The number of hydrogen-bond donors (Lipinski definition) is 1. The lowest BCUT2D eigenvalue weighted by atomic mass is 9.85. The number of aromatic nitrogens is 2. The molecule has 0 radical (unpaired) electrons. The van der Waals surface area contributed by atoms with Gasteiger partial charge in [0.1, 0.15) is 5.75 Å². The van der Waals surface area contributed by atoms with E-state index in [1.807, 2.05) is 0 Å². The molecular formula is C17H16ClN3O5S. The molecule has 10 heteroatoms. The van der Waals surface area contributed by atoms with Gasteiger partial charge in [-0.15, -0.1) is 10.2 Å². The van der Waals surface area contributed by atoms with Gasteiger partial charge in [0.25, 0.3) is 15.9 Å². The molecule has 1 saturated carbocycles. The normalized spacial score (nSPS) is 14.7. The molecule has 1 aliphatic carbocycles. The second-order valence-electron chi connectivity index (χ2n) is 6.15. The third-order valence-corrected chi connectivity index (χ3v) is 5.90. The van der Waals surface area contributed by atoms with Crippen molar-refractivity contribution < 1.29 is 22.0 Å². The number of rotatable bonds is 6. The third-order valence-electron chi connectivity index (χ3n) is 4.36. The van der Waals surface area contributed by atoms with Gasteiger partial charge in [-0.2, -0.15) is 8.42 Å². The minimum Gasteiger partial charge on any atom is -0.495 e. The Morgan fingerprint density at radius 1 is 1.19 bits per heavy atom. The molecule has 0 amide bonds. The van der Waals surface area contributed by atoms with E-state index in [9.17, 15) is 8.42 Å². The summed E-state index contributed by atoms with van der Waals surface area (Å²) >= 11 is 6.02. The fourth-order valence-corrected chi connectivity index (χ4v) is 3.91. The Balaban J connectivity index is 1.54. The molecule has 0 aliphatic heterocycles. The van der Waals surface area contributed by atoms with Crippen LogP contribution in [0.4, 0.5) is 5.69 Å². The Morgan fingerprint density at radius 3 is 2.67 bits per heavy atom. The molecule has 8 nitrogen and oxygen atoms in total. The van der Waals surface area contributed by atoms with E-state index in [4.69, 9.17) is 25.2 Å². The van der Waals surface area contributed by atoms with Gasteiger partial charge in [-0.25, -0.2) is 0 Å². The summed E-state index contributed by atoms with van der Waals surface area (Å²) in [6.45, 7) is 0. The summed E-state index contributed by atoms with van der Waals surface area (Å²) in [4.78, 5) is 0. The van der Waals surface area contributed by atoms with Gasteiger partial charge in [0, 0.05) is 5.92 Å². The maximum Gasteiger partial charge on any atom is 0.295 e. The van der Waals surface area contributed by atoms with Crippen LogP contribution in [0.15, 0.2) is 44.3 Å². The first kappa shape index (κ1) is 17.9. The van der Waals surface area contributed by atoms with Crippen LogP contribution in [0.2, 0.25) is 5.02 Å². The molecule has 1 aromatic carbocycles. The molecule has 0 saturated heterocycles. The van der Waals surface area contributed by atoms with E-state index in [-0.39, 0.29) is 33.4 Å². The number of halogens is 1. The molecule has 2 aromatic heterocycles. The van der Waals surface area contributed by atoms with Crippen molar-refractivity contribution in [2.24, 2.45) is 0 Å². The molecule has 2 heterocycles. The van der Waals surface area contributed by atoms with E-state index in [0.717, 1.165) is 19.3 Å². The third kappa shape index (κ3) is 3.52. The Morgan fingerprint density at radius 2 is 2.00 bits per heavy atom. The SMILES string of the molecule is COc1ccc(NS(=O)(=O)c2ccc(-c3nnc(C4CCC4)o3)o2)cc1Cl. The summed E-state index contributed by atoms with van der Waals surface area (Å²) in [5.74, 6) is 1.64. The largest absolute Gasteiger partial charge is 0.495 e. The van der Waals surface area contributed by atoms with E-state index < -0.39 is 10.0 Å². The van der Waals surface area contributed by atoms with Gasteiger partial charge in [-0.05, 0) is 43.2 Å². The monoisotopic (exact) mass is 409 g/mol. The molecular weight excluding hydrogens is 394 g/mol. The predicted molar refractivity (Wildman–Crippen MR) is 97.4 cm³/mol. The van der Waals surface area contributed by atoms with Gasteiger partial charge in [-0.3, -0.25) is 4.72 Å². The number of ether oxygens (including phenoxy) is 1. The molecule has 3 aromatic rings. The van der Waals surface area contributed by atoms with Gasteiger partial charge in [0.2, 0.25) is 11.0 Å². The molecule has 0 unspecified atom stereocenters. The first-order chi connectivity index (χ1) is 13.0. The van der Waals surface area contributed by atoms with Crippen LogP contribution in [0.25, 0.3) is 11.7 Å². The van der Waals surface area contributed by atoms with Crippen molar-refractivity contribution in [2.45, 2.75) is 30.3 Å². The van der Waals surface area contributed by atoms with E-state index >= 15 is 0 Å². The van der Waals surface area contributed by atoms with Gasteiger partial charge in [0.15, 0.2) is 5.76 Å². The minimum absolute atomic E-state index is 0.158. The van der Waals surface area contributed by atoms with Crippen molar-refractivity contribution in [2.75, 3.05) is 11.8 Å². The number of sulfonamides is 1. The predicted octanol–water partition coefficient (Wildman–Crippen LogP) is 4.06. The lowest BCUT2D eigenvalue weighted by Crippen LogP contribution is -2.12. The van der Waals surface area contributed by atoms with Crippen molar-refractivity contribution in [3.05, 3.63) is 41.2 Å².